The summed E-state index contributed by atoms with van der Waals surface area (Å²) in [6.07, 6.45) is 9.21. The molecule has 0 aromatic carbocycles. The molecule has 3 rings (SSSR count). The molecule has 0 N–H and O–H groups in total. The van der Waals surface area contributed by atoms with Crippen molar-refractivity contribution in [3.05, 3.63) is 30.1 Å². The first-order valence-electron chi connectivity index (χ1n) is 6.52. The van der Waals surface area contributed by atoms with Crippen LogP contribution in [0.1, 0.15) is 42.4 Å². The number of nitrogens with zero attached hydrogens (tertiary/aromatic N) is 1. The number of pyridine rings is 1. The topological polar surface area (TPSA) is 12.9 Å². The average Bonchev–Trinajstić information content (AvgIpc) is 2.42. The lowest BCUT2D eigenvalue weighted by molar-refractivity contribution is 0.256. The SMILES string of the molecule is c1ccc(C2SCC3(CCCCC3)CS2)nc1. The first-order chi connectivity index (χ1) is 8.38. The Balaban J connectivity index is 1.64. The summed E-state index contributed by atoms with van der Waals surface area (Å²) in [4.78, 5) is 4.49. The maximum absolute atomic E-state index is 4.49. The molecule has 92 valence electrons. The zero-order chi connectivity index (χ0) is 11.6. The van der Waals surface area contributed by atoms with Gasteiger partial charge >= 0.3 is 0 Å². The number of hydrogen-bond donors (Lipinski definition) is 0. The maximum atomic E-state index is 4.49. The summed E-state index contributed by atoms with van der Waals surface area (Å²) in [5.74, 6) is 2.70. The van der Waals surface area contributed by atoms with Crippen LogP contribution in [-0.2, 0) is 0 Å². The van der Waals surface area contributed by atoms with Gasteiger partial charge in [-0.3, -0.25) is 4.98 Å². The van der Waals surface area contributed by atoms with Gasteiger partial charge in [-0.1, -0.05) is 25.3 Å². The van der Waals surface area contributed by atoms with Gasteiger partial charge in [-0.2, -0.15) is 0 Å². The lowest BCUT2D eigenvalue weighted by Crippen LogP contribution is -2.32. The second kappa shape index (κ2) is 5.23. The second-order valence-electron chi connectivity index (χ2n) is 5.27. The van der Waals surface area contributed by atoms with E-state index in [1.165, 1.54) is 49.3 Å². The smallest absolute Gasteiger partial charge is 0.0922 e. The van der Waals surface area contributed by atoms with Crippen molar-refractivity contribution in [3.8, 4) is 0 Å². The Hall–Kier alpha value is -0.150. The van der Waals surface area contributed by atoms with Gasteiger partial charge < -0.3 is 0 Å². The first-order valence-corrected chi connectivity index (χ1v) is 8.62. The predicted molar refractivity (Wildman–Crippen MR) is 77.4 cm³/mol. The third-order valence-electron chi connectivity index (χ3n) is 3.93. The monoisotopic (exact) mass is 265 g/mol. The van der Waals surface area contributed by atoms with Crippen molar-refractivity contribution >= 4 is 23.5 Å². The van der Waals surface area contributed by atoms with Crippen LogP contribution in [0.2, 0.25) is 0 Å². The molecule has 1 aromatic rings. The van der Waals surface area contributed by atoms with E-state index in [0.29, 0.717) is 10.00 Å². The molecule has 1 saturated carbocycles. The van der Waals surface area contributed by atoms with Crippen molar-refractivity contribution in [3.63, 3.8) is 0 Å². The Morgan fingerprint density at radius 2 is 1.82 bits per heavy atom. The summed E-state index contributed by atoms with van der Waals surface area (Å²) in [6, 6.07) is 6.28. The maximum Gasteiger partial charge on any atom is 0.0922 e. The minimum Gasteiger partial charge on any atom is -0.259 e. The molecule has 2 fully saturated rings. The third kappa shape index (κ3) is 2.65. The van der Waals surface area contributed by atoms with E-state index in [1.54, 1.807) is 0 Å². The summed E-state index contributed by atoms with van der Waals surface area (Å²) < 4.78 is 0.573. The van der Waals surface area contributed by atoms with Crippen LogP contribution in [0, 0.1) is 5.41 Å². The largest absolute Gasteiger partial charge is 0.259 e. The van der Waals surface area contributed by atoms with Crippen LogP contribution in [0.4, 0.5) is 0 Å². The van der Waals surface area contributed by atoms with Gasteiger partial charge in [-0.15, -0.1) is 23.5 Å². The molecule has 1 aromatic heterocycles. The third-order valence-corrected chi connectivity index (χ3v) is 7.39. The molecule has 0 atom stereocenters. The van der Waals surface area contributed by atoms with E-state index in [9.17, 15) is 0 Å². The lowest BCUT2D eigenvalue weighted by Gasteiger charge is -2.42. The van der Waals surface area contributed by atoms with Crippen molar-refractivity contribution in [2.24, 2.45) is 5.41 Å². The van der Waals surface area contributed by atoms with E-state index >= 15 is 0 Å². The van der Waals surface area contributed by atoms with Crippen LogP contribution in [0.3, 0.4) is 0 Å². The molecule has 3 heteroatoms. The summed E-state index contributed by atoms with van der Waals surface area (Å²) in [7, 11) is 0. The van der Waals surface area contributed by atoms with Crippen molar-refractivity contribution in [1.82, 2.24) is 4.98 Å². The second-order valence-corrected chi connectivity index (χ2v) is 7.75. The zero-order valence-corrected chi connectivity index (χ0v) is 11.7. The number of thioether (sulfide) groups is 2. The average molecular weight is 265 g/mol. The number of rotatable bonds is 1. The van der Waals surface area contributed by atoms with E-state index in [0.717, 1.165) is 0 Å². The van der Waals surface area contributed by atoms with Crippen LogP contribution in [0.15, 0.2) is 24.4 Å². The molecule has 1 aliphatic carbocycles. The van der Waals surface area contributed by atoms with Crippen molar-refractivity contribution in [2.45, 2.75) is 36.7 Å². The van der Waals surface area contributed by atoms with E-state index < -0.39 is 0 Å². The predicted octanol–water partition coefficient (Wildman–Crippen LogP) is 4.51. The molecular weight excluding hydrogens is 246 g/mol. The van der Waals surface area contributed by atoms with Crippen molar-refractivity contribution in [2.75, 3.05) is 11.5 Å². The number of hydrogen-bond acceptors (Lipinski definition) is 3. The lowest BCUT2D eigenvalue weighted by atomic mass is 9.77. The van der Waals surface area contributed by atoms with Gasteiger partial charge in [0.25, 0.3) is 0 Å². The minimum absolute atomic E-state index is 0.573. The van der Waals surface area contributed by atoms with Gasteiger partial charge in [0.1, 0.15) is 0 Å². The van der Waals surface area contributed by atoms with E-state index in [4.69, 9.17) is 0 Å². The fraction of sp³-hybridized carbons (Fsp3) is 0.643. The molecule has 1 aliphatic heterocycles. The molecule has 0 bridgehead atoms. The van der Waals surface area contributed by atoms with E-state index in [-0.39, 0.29) is 0 Å². The molecule has 2 heterocycles. The van der Waals surface area contributed by atoms with Crippen LogP contribution < -0.4 is 0 Å². The highest BCUT2D eigenvalue weighted by molar-refractivity contribution is 8.17. The molecular formula is C14H19NS2. The van der Waals surface area contributed by atoms with Gasteiger partial charge in [0.15, 0.2) is 0 Å². The Kier molecular flexibility index (Phi) is 3.67. The molecule has 2 aliphatic rings. The van der Waals surface area contributed by atoms with Gasteiger partial charge in [0.2, 0.25) is 0 Å². The minimum atomic E-state index is 0.573. The molecule has 0 amide bonds. The molecule has 1 spiro atoms. The molecule has 17 heavy (non-hydrogen) atoms. The summed E-state index contributed by atoms with van der Waals surface area (Å²) in [6.45, 7) is 0. The quantitative estimate of drug-likeness (QED) is 0.741. The molecule has 0 radical (unpaired) electrons. The molecule has 0 unspecified atom stereocenters. The normalized spacial score (nSPS) is 24.9. The Bertz CT molecular complexity index is 350. The van der Waals surface area contributed by atoms with Crippen LogP contribution in [-0.4, -0.2) is 16.5 Å². The fourth-order valence-electron chi connectivity index (χ4n) is 2.87. The zero-order valence-electron chi connectivity index (χ0n) is 10.1. The van der Waals surface area contributed by atoms with Gasteiger partial charge in [0, 0.05) is 17.7 Å². The Morgan fingerprint density at radius 3 is 2.47 bits per heavy atom. The Labute approximate surface area is 112 Å². The summed E-state index contributed by atoms with van der Waals surface area (Å²) >= 11 is 4.24. The summed E-state index contributed by atoms with van der Waals surface area (Å²) in [5, 5.41) is 0. The van der Waals surface area contributed by atoms with Crippen LogP contribution >= 0.6 is 23.5 Å². The highest BCUT2D eigenvalue weighted by atomic mass is 32.2. The van der Waals surface area contributed by atoms with Gasteiger partial charge in [-0.05, 0) is 30.4 Å². The standard InChI is InChI=1S/C14H19NS2/c1-3-7-14(8-4-1)10-16-13(17-11-14)12-6-2-5-9-15-12/h2,5-6,9,13H,1,3-4,7-8,10-11H2. The number of aromatic nitrogens is 1. The highest BCUT2D eigenvalue weighted by Crippen LogP contribution is 2.53. The first kappa shape index (κ1) is 11.9. The van der Waals surface area contributed by atoms with Gasteiger partial charge in [0.05, 0.1) is 10.3 Å². The Morgan fingerprint density at radius 1 is 1.06 bits per heavy atom. The highest BCUT2D eigenvalue weighted by Gasteiger charge is 2.37. The van der Waals surface area contributed by atoms with E-state index in [2.05, 4.69) is 40.6 Å². The molecule has 1 saturated heterocycles. The van der Waals surface area contributed by atoms with Crippen molar-refractivity contribution < 1.29 is 0 Å². The fourth-order valence-corrected chi connectivity index (χ4v) is 6.21. The van der Waals surface area contributed by atoms with Gasteiger partial charge in [-0.25, -0.2) is 0 Å². The van der Waals surface area contributed by atoms with Crippen LogP contribution in [0.25, 0.3) is 0 Å². The van der Waals surface area contributed by atoms with E-state index in [1.807, 2.05) is 12.3 Å². The molecule has 1 nitrogen and oxygen atoms in total. The van der Waals surface area contributed by atoms with Crippen molar-refractivity contribution in [1.29, 1.82) is 0 Å². The van der Waals surface area contributed by atoms with Crippen LogP contribution in [0.5, 0.6) is 0 Å². The summed E-state index contributed by atoms with van der Waals surface area (Å²) in [5.41, 5.74) is 1.92.